The number of carbonyl (C=O) groups is 1. The third-order valence-corrected chi connectivity index (χ3v) is 3.15. The highest BCUT2D eigenvalue weighted by Gasteiger charge is 2.04. The summed E-state index contributed by atoms with van der Waals surface area (Å²) in [6, 6.07) is 8.14. The highest BCUT2D eigenvalue weighted by molar-refractivity contribution is 5.90. The highest BCUT2D eigenvalue weighted by Crippen LogP contribution is 2.20. The van der Waals surface area contributed by atoms with E-state index in [0.717, 1.165) is 25.2 Å². The van der Waals surface area contributed by atoms with E-state index in [1.165, 1.54) is 5.56 Å². The molecule has 0 saturated carbocycles. The molecule has 1 atom stereocenters. The topological polar surface area (TPSA) is 41.1 Å². The molecule has 1 aromatic rings. The minimum Gasteiger partial charge on any atom is -0.326 e. The largest absolute Gasteiger partial charge is 0.326 e. The van der Waals surface area contributed by atoms with E-state index in [4.69, 9.17) is 0 Å². The van der Waals surface area contributed by atoms with Crippen LogP contribution in [0, 0.1) is 0 Å². The predicted molar refractivity (Wildman–Crippen MR) is 76.9 cm³/mol. The van der Waals surface area contributed by atoms with E-state index < -0.39 is 0 Å². The fourth-order valence-electron chi connectivity index (χ4n) is 1.73. The van der Waals surface area contributed by atoms with Gasteiger partial charge in [-0.2, -0.15) is 0 Å². The third kappa shape index (κ3) is 4.88. The molecule has 0 aliphatic rings. The van der Waals surface area contributed by atoms with E-state index >= 15 is 0 Å². The number of amides is 1. The van der Waals surface area contributed by atoms with Gasteiger partial charge in [0.1, 0.15) is 0 Å². The Morgan fingerprint density at radius 3 is 2.44 bits per heavy atom. The summed E-state index contributed by atoms with van der Waals surface area (Å²) < 4.78 is 0. The van der Waals surface area contributed by atoms with Crippen LogP contribution in [0.25, 0.3) is 0 Å². The van der Waals surface area contributed by atoms with Crippen molar-refractivity contribution in [1.29, 1.82) is 0 Å². The molecule has 2 N–H and O–H groups in total. The first-order valence-corrected chi connectivity index (χ1v) is 6.77. The molecule has 18 heavy (non-hydrogen) atoms. The maximum Gasteiger partial charge on any atom is 0.225 e. The van der Waals surface area contributed by atoms with Gasteiger partial charge in [-0.1, -0.05) is 32.9 Å². The van der Waals surface area contributed by atoms with Crippen molar-refractivity contribution in [3.8, 4) is 0 Å². The number of nitrogens with one attached hydrogen (secondary N) is 2. The number of hydrogen-bond donors (Lipinski definition) is 2. The Kier molecular flexibility index (Phi) is 6.44. The van der Waals surface area contributed by atoms with Gasteiger partial charge in [-0.25, -0.2) is 0 Å². The summed E-state index contributed by atoms with van der Waals surface area (Å²) >= 11 is 0. The first-order chi connectivity index (χ1) is 8.67. The van der Waals surface area contributed by atoms with Crippen molar-refractivity contribution in [3.63, 3.8) is 0 Å². The molecule has 0 aliphatic heterocycles. The van der Waals surface area contributed by atoms with Crippen LogP contribution in [-0.2, 0) is 4.79 Å². The van der Waals surface area contributed by atoms with Gasteiger partial charge in [0.2, 0.25) is 5.91 Å². The van der Waals surface area contributed by atoms with Crippen LogP contribution < -0.4 is 10.6 Å². The molecule has 0 aliphatic carbocycles. The normalized spacial score (nSPS) is 12.2. The average Bonchev–Trinajstić information content (AvgIpc) is 2.39. The molecule has 0 saturated heterocycles. The van der Waals surface area contributed by atoms with Crippen molar-refractivity contribution in [2.75, 3.05) is 18.4 Å². The summed E-state index contributed by atoms with van der Waals surface area (Å²) in [7, 11) is 0. The van der Waals surface area contributed by atoms with Crippen molar-refractivity contribution in [2.24, 2.45) is 0 Å². The van der Waals surface area contributed by atoms with Crippen molar-refractivity contribution in [2.45, 2.75) is 39.5 Å². The van der Waals surface area contributed by atoms with Crippen LogP contribution in [0.2, 0.25) is 0 Å². The lowest BCUT2D eigenvalue weighted by molar-refractivity contribution is -0.116. The van der Waals surface area contributed by atoms with Gasteiger partial charge in [-0.3, -0.25) is 4.79 Å². The van der Waals surface area contributed by atoms with E-state index in [-0.39, 0.29) is 5.91 Å². The van der Waals surface area contributed by atoms with E-state index in [0.29, 0.717) is 12.3 Å². The Morgan fingerprint density at radius 2 is 1.89 bits per heavy atom. The smallest absolute Gasteiger partial charge is 0.225 e. The molecule has 0 aromatic heterocycles. The standard InChI is InChI=1S/C15H24N2O/c1-4-12(3)13-6-8-14(9-7-13)17-15(18)10-11-16-5-2/h6-9,12,16H,4-5,10-11H2,1-3H3,(H,17,18). The van der Waals surface area contributed by atoms with Gasteiger partial charge in [0.25, 0.3) is 0 Å². The zero-order valence-electron chi connectivity index (χ0n) is 11.6. The Bertz CT molecular complexity index is 359. The summed E-state index contributed by atoms with van der Waals surface area (Å²) in [4.78, 5) is 11.6. The summed E-state index contributed by atoms with van der Waals surface area (Å²) in [6.45, 7) is 8.06. The van der Waals surface area contributed by atoms with Crippen LogP contribution in [0.15, 0.2) is 24.3 Å². The van der Waals surface area contributed by atoms with Crippen molar-refractivity contribution >= 4 is 11.6 Å². The Labute approximate surface area is 110 Å². The fourth-order valence-corrected chi connectivity index (χ4v) is 1.73. The lowest BCUT2D eigenvalue weighted by Crippen LogP contribution is -2.21. The van der Waals surface area contributed by atoms with Crippen LogP contribution in [0.5, 0.6) is 0 Å². The van der Waals surface area contributed by atoms with Gasteiger partial charge in [0.15, 0.2) is 0 Å². The molecule has 0 fully saturated rings. The van der Waals surface area contributed by atoms with Gasteiger partial charge in [0.05, 0.1) is 0 Å². The average molecular weight is 248 g/mol. The van der Waals surface area contributed by atoms with Crippen LogP contribution >= 0.6 is 0 Å². The van der Waals surface area contributed by atoms with Crippen LogP contribution in [-0.4, -0.2) is 19.0 Å². The zero-order chi connectivity index (χ0) is 13.4. The van der Waals surface area contributed by atoms with Gasteiger partial charge >= 0.3 is 0 Å². The number of hydrogen-bond acceptors (Lipinski definition) is 2. The number of benzene rings is 1. The SMILES string of the molecule is CCNCCC(=O)Nc1ccc(C(C)CC)cc1. The van der Waals surface area contributed by atoms with E-state index in [1.807, 2.05) is 19.1 Å². The molecular weight excluding hydrogens is 224 g/mol. The fraction of sp³-hybridized carbons (Fsp3) is 0.533. The van der Waals surface area contributed by atoms with Gasteiger partial charge in [-0.15, -0.1) is 0 Å². The second kappa shape index (κ2) is 7.88. The van der Waals surface area contributed by atoms with E-state index in [2.05, 4.69) is 36.6 Å². The van der Waals surface area contributed by atoms with Crippen molar-refractivity contribution in [1.82, 2.24) is 5.32 Å². The van der Waals surface area contributed by atoms with Crippen LogP contribution in [0.1, 0.15) is 45.1 Å². The molecule has 0 bridgehead atoms. The molecule has 0 heterocycles. The Hall–Kier alpha value is -1.35. The first kappa shape index (κ1) is 14.7. The third-order valence-electron chi connectivity index (χ3n) is 3.15. The van der Waals surface area contributed by atoms with Crippen LogP contribution in [0.4, 0.5) is 5.69 Å². The highest BCUT2D eigenvalue weighted by atomic mass is 16.1. The molecule has 1 rings (SSSR count). The minimum atomic E-state index is 0.0623. The van der Waals surface area contributed by atoms with E-state index in [9.17, 15) is 4.79 Å². The monoisotopic (exact) mass is 248 g/mol. The van der Waals surface area contributed by atoms with Crippen LogP contribution in [0.3, 0.4) is 0 Å². The minimum absolute atomic E-state index is 0.0623. The maximum atomic E-state index is 11.6. The molecule has 3 heteroatoms. The summed E-state index contributed by atoms with van der Waals surface area (Å²) in [5.74, 6) is 0.635. The Balaban J connectivity index is 2.45. The second-order valence-electron chi connectivity index (χ2n) is 4.58. The summed E-state index contributed by atoms with van der Waals surface area (Å²) in [5.41, 5.74) is 2.20. The number of anilines is 1. The molecule has 1 aromatic carbocycles. The molecule has 0 spiro atoms. The molecule has 3 nitrogen and oxygen atoms in total. The lowest BCUT2D eigenvalue weighted by atomic mass is 9.99. The number of carbonyl (C=O) groups excluding carboxylic acids is 1. The second-order valence-corrected chi connectivity index (χ2v) is 4.58. The summed E-state index contributed by atoms with van der Waals surface area (Å²) in [5, 5.41) is 6.04. The molecular formula is C15H24N2O. The van der Waals surface area contributed by atoms with Gasteiger partial charge in [-0.05, 0) is 36.6 Å². The molecule has 0 radical (unpaired) electrons. The zero-order valence-corrected chi connectivity index (χ0v) is 11.6. The lowest BCUT2D eigenvalue weighted by Gasteiger charge is -2.10. The first-order valence-electron chi connectivity index (χ1n) is 6.77. The molecule has 1 amide bonds. The van der Waals surface area contributed by atoms with Crippen molar-refractivity contribution in [3.05, 3.63) is 29.8 Å². The predicted octanol–water partition coefficient (Wildman–Crippen LogP) is 3.14. The molecule has 1 unspecified atom stereocenters. The van der Waals surface area contributed by atoms with E-state index in [1.54, 1.807) is 0 Å². The number of rotatable bonds is 7. The summed E-state index contributed by atoms with van der Waals surface area (Å²) in [6.07, 6.45) is 1.65. The quantitative estimate of drug-likeness (QED) is 0.728. The van der Waals surface area contributed by atoms with Gasteiger partial charge in [0, 0.05) is 18.7 Å². The van der Waals surface area contributed by atoms with Gasteiger partial charge < -0.3 is 10.6 Å². The molecule has 100 valence electrons. The Morgan fingerprint density at radius 1 is 1.22 bits per heavy atom. The maximum absolute atomic E-state index is 11.6. The van der Waals surface area contributed by atoms with Crippen molar-refractivity contribution < 1.29 is 4.79 Å².